The average molecular weight is 248 g/mol. The number of fused-ring (bicyclic) bond motifs is 1. The molecule has 2 atom stereocenters. The zero-order valence-corrected chi connectivity index (χ0v) is 9.39. The summed E-state index contributed by atoms with van der Waals surface area (Å²) in [5.41, 5.74) is 8.15. The molecule has 3 rings (SSSR count). The van der Waals surface area contributed by atoms with Crippen LogP contribution in [0.2, 0.25) is 4.82 Å². The molecule has 1 aromatic rings. The van der Waals surface area contributed by atoms with Crippen LogP contribution in [0.5, 0.6) is 0 Å². The molecule has 1 aromatic carbocycles. The van der Waals surface area contributed by atoms with E-state index in [2.05, 4.69) is 48.6 Å². The summed E-state index contributed by atoms with van der Waals surface area (Å²) < 4.78 is 0.344. The molecule has 0 amide bonds. The van der Waals surface area contributed by atoms with Crippen molar-refractivity contribution in [1.82, 2.24) is 0 Å². The van der Waals surface area contributed by atoms with Crippen molar-refractivity contribution in [2.24, 2.45) is 5.73 Å². The molecule has 0 aromatic heterocycles. The second-order valence-corrected chi connectivity index (χ2v) is 6.67. The molecule has 2 aliphatic rings. The molecule has 70 valence electrons. The van der Waals surface area contributed by atoms with Crippen LogP contribution in [0.1, 0.15) is 5.56 Å². The average Bonchev–Trinajstić information content (AvgIpc) is 2.94. The predicted octanol–water partition coefficient (Wildman–Crippen LogP) is 1.80. The number of nitrogens with two attached hydrogens (primary N) is 1. The van der Waals surface area contributed by atoms with Crippen molar-refractivity contribution in [3.05, 3.63) is 59.8 Å². The van der Waals surface area contributed by atoms with E-state index >= 15 is 0 Å². The SMILES string of the molecule is NC1=CC2[Se]C2(c2ccccc2)C=C1. The Morgan fingerprint density at radius 3 is 2.71 bits per heavy atom. The minimum absolute atomic E-state index is 0.344. The third-order valence-corrected chi connectivity index (χ3v) is 5.98. The van der Waals surface area contributed by atoms with Crippen LogP contribution in [-0.4, -0.2) is 15.0 Å². The first-order valence-corrected chi connectivity index (χ1v) is 6.56. The van der Waals surface area contributed by atoms with Gasteiger partial charge in [-0.2, -0.15) is 0 Å². The summed E-state index contributed by atoms with van der Waals surface area (Å²) in [6, 6.07) is 10.8. The summed E-state index contributed by atoms with van der Waals surface area (Å²) in [7, 11) is 0. The first kappa shape index (κ1) is 8.34. The van der Waals surface area contributed by atoms with Crippen LogP contribution in [0, 0.1) is 0 Å². The molecular formula is C12H11NSe. The van der Waals surface area contributed by atoms with Crippen LogP contribution >= 0.6 is 0 Å². The molecule has 1 nitrogen and oxygen atoms in total. The van der Waals surface area contributed by atoms with Crippen molar-refractivity contribution < 1.29 is 0 Å². The second-order valence-electron chi connectivity index (χ2n) is 3.70. The van der Waals surface area contributed by atoms with E-state index in [9.17, 15) is 0 Å². The standard InChI is InChI=1S/C12H11NSe/c13-10-6-7-12(11(8-10)14-12)9-4-2-1-3-5-9/h1-8,11H,13H2. The van der Waals surface area contributed by atoms with Crippen molar-refractivity contribution in [2.75, 3.05) is 0 Å². The fourth-order valence-corrected chi connectivity index (χ4v) is 4.63. The Labute approximate surface area is 89.9 Å². The Morgan fingerprint density at radius 2 is 2.00 bits per heavy atom. The molecule has 0 bridgehead atoms. The van der Waals surface area contributed by atoms with Gasteiger partial charge in [-0.15, -0.1) is 0 Å². The van der Waals surface area contributed by atoms with Gasteiger partial charge in [0.2, 0.25) is 0 Å². The van der Waals surface area contributed by atoms with E-state index in [-0.39, 0.29) is 0 Å². The van der Waals surface area contributed by atoms with Crippen LogP contribution in [0.25, 0.3) is 0 Å². The van der Waals surface area contributed by atoms with Gasteiger partial charge < -0.3 is 0 Å². The Kier molecular flexibility index (Phi) is 1.64. The molecule has 1 fully saturated rings. The minimum atomic E-state index is 0.344. The fraction of sp³-hybridized carbons (Fsp3) is 0.167. The summed E-state index contributed by atoms with van der Waals surface area (Å²) in [6.07, 6.45) is 6.56. The second kappa shape index (κ2) is 2.75. The zero-order valence-electron chi connectivity index (χ0n) is 7.68. The van der Waals surface area contributed by atoms with Gasteiger partial charge in [0.1, 0.15) is 0 Å². The van der Waals surface area contributed by atoms with E-state index in [0.717, 1.165) is 5.70 Å². The predicted molar refractivity (Wildman–Crippen MR) is 59.0 cm³/mol. The van der Waals surface area contributed by atoms with Crippen molar-refractivity contribution in [3.8, 4) is 0 Å². The molecule has 1 aliphatic heterocycles. The molecule has 2 unspecified atom stereocenters. The van der Waals surface area contributed by atoms with Crippen LogP contribution < -0.4 is 5.73 Å². The van der Waals surface area contributed by atoms with Gasteiger partial charge in [-0.3, -0.25) is 0 Å². The molecule has 1 saturated heterocycles. The number of benzene rings is 1. The van der Waals surface area contributed by atoms with Gasteiger partial charge in [0, 0.05) is 0 Å². The van der Waals surface area contributed by atoms with E-state index in [1.165, 1.54) is 5.56 Å². The maximum atomic E-state index is 5.77. The molecule has 14 heavy (non-hydrogen) atoms. The van der Waals surface area contributed by atoms with Crippen LogP contribution in [-0.2, 0) is 4.31 Å². The Morgan fingerprint density at radius 1 is 1.21 bits per heavy atom. The topological polar surface area (TPSA) is 26.0 Å². The summed E-state index contributed by atoms with van der Waals surface area (Å²) in [5.74, 6) is 0. The Hall–Kier alpha value is -0.981. The summed E-state index contributed by atoms with van der Waals surface area (Å²) >= 11 is 0.659. The van der Waals surface area contributed by atoms with Gasteiger partial charge in [-0.1, -0.05) is 0 Å². The van der Waals surface area contributed by atoms with Crippen molar-refractivity contribution in [3.63, 3.8) is 0 Å². The van der Waals surface area contributed by atoms with Crippen LogP contribution in [0.3, 0.4) is 0 Å². The monoisotopic (exact) mass is 249 g/mol. The molecule has 0 saturated carbocycles. The number of allylic oxidation sites excluding steroid dienone is 3. The Balaban J connectivity index is 2.01. The van der Waals surface area contributed by atoms with E-state index in [4.69, 9.17) is 5.73 Å². The van der Waals surface area contributed by atoms with E-state index in [0.29, 0.717) is 24.1 Å². The van der Waals surface area contributed by atoms with Gasteiger partial charge in [0.05, 0.1) is 0 Å². The number of rotatable bonds is 1. The molecule has 0 spiro atoms. The van der Waals surface area contributed by atoms with Gasteiger partial charge in [-0.05, 0) is 0 Å². The van der Waals surface area contributed by atoms with Crippen molar-refractivity contribution in [2.45, 2.75) is 9.13 Å². The molecule has 0 radical (unpaired) electrons. The number of hydrogen-bond acceptors (Lipinski definition) is 1. The van der Waals surface area contributed by atoms with Crippen LogP contribution in [0.15, 0.2) is 54.3 Å². The summed E-state index contributed by atoms with van der Waals surface area (Å²) in [6.45, 7) is 0. The third-order valence-electron chi connectivity index (χ3n) is 2.78. The van der Waals surface area contributed by atoms with Gasteiger partial charge >= 0.3 is 89.6 Å². The quantitative estimate of drug-likeness (QED) is 0.753. The van der Waals surface area contributed by atoms with E-state index < -0.39 is 0 Å². The first-order chi connectivity index (χ1) is 6.81. The maximum absolute atomic E-state index is 5.77. The van der Waals surface area contributed by atoms with Gasteiger partial charge in [0.25, 0.3) is 0 Å². The molecule has 1 aliphatic carbocycles. The summed E-state index contributed by atoms with van der Waals surface area (Å²) in [4.78, 5) is 0.697. The van der Waals surface area contributed by atoms with Gasteiger partial charge in [0.15, 0.2) is 0 Å². The van der Waals surface area contributed by atoms with Crippen molar-refractivity contribution in [1.29, 1.82) is 0 Å². The van der Waals surface area contributed by atoms with Gasteiger partial charge in [-0.25, -0.2) is 0 Å². The summed E-state index contributed by atoms with van der Waals surface area (Å²) in [5, 5.41) is 0. The van der Waals surface area contributed by atoms with Crippen molar-refractivity contribution >= 4 is 15.0 Å². The molecule has 2 N–H and O–H groups in total. The molecule has 2 heteroatoms. The first-order valence-electron chi connectivity index (χ1n) is 4.71. The fourth-order valence-electron chi connectivity index (χ4n) is 1.95. The number of hydrogen-bond donors (Lipinski definition) is 1. The zero-order chi connectivity index (χ0) is 9.60. The normalized spacial score (nSPS) is 33.4. The van der Waals surface area contributed by atoms with E-state index in [1.807, 2.05) is 0 Å². The molecular weight excluding hydrogens is 237 g/mol. The van der Waals surface area contributed by atoms with E-state index in [1.54, 1.807) is 0 Å². The Bertz CT molecular complexity index is 421. The van der Waals surface area contributed by atoms with Crippen LogP contribution in [0.4, 0.5) is 0 Å². The third kappa shape index (κ3) is 1.08. The molecule has 1 heterocycles.